The molecule has 1 aliphatic heterocycles. The minimum atomic E-state index is -0.347. The van der Waals surface area contributed by atoms with Gasteiger partial charge >= 0.3 is 0 Å². The van der Waals surface area contributed by atoms with Gasteiger partial charge in [0.25, 0.3) is 0 Å². The van der Waals surface area contributed by atoms with Crippen molar-refractivity contribution in [2.45, 2.75) is 38.2 Å². The molecule has 0 aromatic carbocycles. The summed E-state index contributed by atoms with van der Waals surface area (Å²) in [4.78, 5) is 0. The van der Waals surface area contributed by atoms with Crippen molar-refractivity contribution < 1.29 is 9.47 Å². The Morgan fingerprint density at radius 1 is 1.50 bits per heavy atom. The Bertz CT molecular complexity index is 125. The van der Waals surface area contributed by atoms with E-state index in [1.54, 1.807) is 0 Å². The van der Waals surface area contributed by atoms with Crippen LogP contribution in [0.15, 0.2) is 0 Å². The van der Waals surface area contributed by atoms with Crippen LogP contribution in [-0.4, -0.2) is 28.7 Å². The fourth-order valence-electron chi connectivity index (χ4n) is 1.07. The zero-order valence-corrected chi connectivity index (χ0v) is 9.18. The Labute approximate surface area is 65.3 Å². The molecule has 2 unspecified atom stereocenters. The zero-order valence-electron chi connectivity index (χ0n) is 7.18. The summed E-state index contributed by atoms with van der Waals surface area (Å²) in [5.74, 6) is -0.347. The Balaban J connectivity index is 2.49. The molecule has 1 fully saturated rings. The molecule has 0 N–H and O–H groups in total. The summed E-state index contributed by atoms with van der Waals surface area (Å²) < 4.78 is 11.1. The first-order valence-electron chi connectivity index (χ1n) is 3.83. The maximum Gasteiger partial charge on any atom is 0.163 e. The van der Waals surface area contributed by atoms with Crippen molar-refractivity contribution in [2.24, 2.45) is 0 Å². The molecule has 0 aliphatic carbocycles. The molecule has 0 spiro atoms. The largest absolute Gasteiger partial charge is 0.350 e. The summed E-state index contributed by atoms with van der Waals surface area (Å²) >= 11 is 0. The molecule has 1 aliphatic rings. The lowest BCUT2D eigenvalue weighted by Crippen LogP contribution is -2.41. The Morgan fingerprint density at radius 2 is 2.10 bits per heavy atom. The van der Waals surface area contributed by atoms with Gasteiger partial charge in [-0.1, -0.05) is 0 Å². The Morgan fingerprint density at radius 3 is 2.50 bits per heavy atom. The van der Waals surface area contributed by atoms with E-state index in [4.69, 9.17) is 9.47 Å². The third kappa shape index (κ3) is 1.81. The Hall–Kier alpha value is 0.137. The molecule has 2 nitrogen and oxygen atoms in total. The van der Waals surface area contributed by atoms with Gasteiger partial charge in [-0.2, -0.15) is 0 Å². The fraction of sp³-hybridized carbons (Fsp3) is 1.00. The third-order valence-electron chi connectivity index (χ3n) is 1.96. The monoisotopic (exact) mass is 160 g/mol. The summed E-state index contributed by atoms with van der Waals surface area (Å²) in [6, 6.07) is 0. The lowest BCUT2D eigenvalue weighted by Gasteiger charge is -2.38. The lowest BCUT2D eigenvalue weighted by atomic mass is 10.2. The molecule has 0 amide bonds. The van der Waals surface area contributed by atoms with Crippen molar-refractivity contribution in [1.29, 1.82) is 0 Å². The van der Waals surface area contributed by atoms with Crippen LogP contribution in [0.2, 0.25) is 5.54 Å². The van der Waals surface area contributed by atoms with Gasteiger partial charge in [-0.3, -0.25) is 0 Å². The number of ether oxygens (including phenoxy) is 2. The first-order chi connectivity index (χ1) is 4.51. The van der Waals surface area contributed by atoms with Crippen molar-refractivity contribution in [2.75, 3.05) is 6.61 Å². The third-order valence-corrected chi connectivity index (χ3v) is 3.24. The SMILES string of the molecule is CC1OC(C)(C)OCC1[SiH3]. The van der Waals surface area contributed by atoms with Crippen LogP contribution in [0.25, 0.3) is 0 Å². The van der Waals surface area contributed by atoms with Gasteiger partial charge in [0.2, 0.25) is 0 Å². The number of hydrogen-bond acceptors (Lipinski definition) is 2. The van der Waals surface area contributed by atoms with Gasteiger partial charge in [0.15, 0.2) is 5.79 Å². The van der Waals surface area contributed by atoms with Crippen LogP contribution in [-0.2, 0) is 9.47 Å². The second kappa shape index (κ2) is 2.64. The second-order valence-corrected chi connectivity index (χ2v) is 4.99. The summed E-state index contributed by atoms with van der Waals surface area (Å²) in [6.45, 7) is 6.94. The van der Waals surface area contributed by atoms with E-state index in [1.807, 2.05) is 13.8 Å². The first-order valence-corrected chi connectivity index (χ1v) is 4.98. The molecule has 10 heavy (non-hydrogen) atoms. The highest BCUT2D eigenvalue weighted by Crippen LogP contribution is 2.26. The standard InChI is InChI=1S/C7H16O2Si/c1-5-6(10)4-8-7(2,3)9-5/h5-6H,4H2,1-3,10H3. The van der Waals surface area contributed by atoms with Crippen molar-refractivity contribution >= 4 is 10.2 Å². The highest BCUT2D eigenvalue weighted by Gasteiger charge is 2.31. The first kappa shape index (κ1) is 8.24. The van der Waals surface area contributed by atoms with Crippen LogP contribution in [0.5, 0.6) is 0 Å². The van der Waals surface area contributed by atoms with E-state index < -0.39 is 0 Å². The minimum absolute atomic E-state index is 0.347. The molecule has 2 atom stereocenters. The average Bonchev–Trinajstić information content (AvgIpc) is 1.79. The van der Waals surface area contributed by atoms with Gasteiger partial charge in [0.05, 0.1) is 12.7 Å². The van der Waals surface area contributed by atoms with Crippen LogP contribution in [0.1, 0.15) is 20.8 Å². The van der Waals surface area contributed by atoms with Crippen molar-refractivity contribution in [3.63, 3.8) is 0 Å². The van der Waals surface area contributed by atoms with Crippen LogP contribution in [0.3, 0.4) is 0 Å². The van der Waals surface area contributed by atoms with E-state index in [0.29, 0.717) is 11.6 Å². The molecule has 0 aromatic rings. The van der Waals surface area contributed by atoms with E-state index in [-0.39, 0.29) is 5.79 Å². The molecule has 3 heteroatoms. The van der Waals surface area contributed by atoms with Crippen LogP contribution < -0.4 is 0 Å². The van der Waals surface area contributed by atoms with E-state index in [9.17, 15) is 0 Å². The average molecular weight is 160 g/mol. The highest BCUT2D eigenvalue weighted by molar-refractivity contribution is 6.12. The highest BCUT2D eigenvalue weighted by atomic mass is 28.1. The van der Waals surface area contributed by atoms with E-state index in [0.717, 1.165) is 16.8 Å². The molecule has 1 heterocycles. The molecule has 0 saturated carbocycles. The van der Waals surface area contributed by atoms with Gasteiger partial charge in [0, 0.05) is 10.2 Å². The zero-order chi connectivity index (χ0) is 7.78. The maximum absolute atomic E-state index is 5.60. The van der Waals surface area contributed by atoms with Crippen LogP contribution in [0.4, 0.5) is 0 Å². The number of hydrogen-bond donors (Lipinski definition) is 0. The lowest BCUT2D eigenvalue weighted by molar-refractivity contribution is -0.268. The minimum Gasteiger partial charge on any atom is -0.350 e. The Kier molecular flexibility index (Phi) is 2.17. The fourth-order valence-corrected chi connectivity index (χ4v) is 1.37. The quantitative estimate of drug-likeness (QED) is 0.475. The second-order valence-electron chi connectivity index (χ2n) is 3.51. The summed E-state index contributed by atoms with van der Waals surface area (Å²) in [5, 5.41) is 0. The van der Waals surface area contributed by atoms with Gasteiger partial charge in [-0.15, -0.1) is 0 Å². The smallest absolute Gasteiger partial charge is 0.163 e. The van der Waals surface area contributed by atoms with E-state index >= 15 is 0 Å². The van der Waals surface area contributed by atoms with Crippen molar-refractivity contribution in [1.82, 2.24) is 0 Å². The van der Waals surface area contributed by atoms with Gasteiger partial charge in [-0.25, -0.2) is 0 Å². The normalized spacial score (nSPS) is 39.9. The van der Waals surface area contributed by atoms with Gasteiger partial charge in [0.1, 0.15) is 0 Å². The van der Waals surface area contributed by atoms with Gasteiger partial charge in [-0.05, 0) is 26.3 Å². The molecular formula is C7H16O2Si. The topological polar surface area (TPSA) is 18.5 Å². The predicted octanol–water partition coefficient (Wildman–Crippen LogP) is 0.312. The predicted molar refractivity (Wildman–Crippen MR) is 44.3 cm³/mol. The molecule has 0 radical (unpaired) electrons. The van der Waals surface area contributed by atoms with Crippen molar-refractivity contribution in [3.8, 4) is 0 Å². The molecule has 0 aromatic heterocycles. The van der Waals surface area contributed by atoms with E-state index in [1.165, 1.54) is 0 Å². The number of rotatable bonds is 0. The summed E-state index contributed by atoms with van der Waals surface area (Å²) in [7, 11) is 1.16. The summed E-state index contributed by atoms with van der Waals surface area (Å²) in [5.41, 5.74) is 0.660. The molecule has 1 rings (SSSR count). The van der Waals surface area contributed by atoms with Crippen molar-refractivity contribution in [3.05, 3.63) is 0 Å². The van der Waals surface area contributed by atoms with E-state index in [2.05, 4.69) is 6.92 Å². The van der Waals surface area contributed by atoms with Gasteiger partial charge < -0.3 is 9.47 Å². The summed E-state index contributed by atoms with van der Waals surface area (Å²) in [6.07, 6.45) is 0.385. The molecule has 1 saturated heterocycles. The molecule has 0 bridgehead atoms. The van der Waals surface area contributed by atoms with Crippen LogP contribution in [0, 0.1) is 0 Å². The molecule has 60 valence electrons. The van der Waals surface area contributed by atoms with Crippen LogP contribution >= 0.6 is 0 Å². The maximum atomic E-state index is 5.60. The molecular weight excluding hydrogens is 144 g/mol.